The van der Waals surface area contributed by atoms with Crippen molar-refractivity contribution >= 4 is 11.7 Å². The third-order valence-corrected chi connectivity index (χ3v) is 3.08. The summed E-state index contributed by atoms with van der Waals surface area (Å²) < 4.78 is 0. The van der Waals surface area contributed by atoms with Crippen molar-refractivity contribution in [1.82, 2.24) is 15.3 Å². The number of rotatable bonds is 5. The highest BCUT2D eigenvalue weighted by Gasteiger charge is 2.08. The van der Waals surface area contributed by atoms with Gasteiger partial charge in [0.05, 0.1) is 11.1 Å². The molecule has 0 unspecified atom stereocenters. The summed E-state index contributed by atoms with van der Waals surface area (Å²) in [6.07, 6.45) is 3.13. The van der Waals surface area contributed by atoms with Crippen LogP contribution in [0.4, 0.5) is 5.82 Å². The van der Waals surface area contributed by atoms with Gasteiger partial charge in [-0.1, -0.05) is 0 Å². The molecule has 0 bridgehead atoms. The maximum atomic E-state index is 11.8. The van der Waals surface area contributed by atoms with Crippen LogP contribution in [0.3, 0.4) is 0 Å². The molecule has 0 aromatic carbocycles. The van der Waals surface area contributed by atoms with Crippen LogP contribution in [-0.4, -0.2) is 29.0 Å². The number of nitriles is 1. The molecule has 0 fully saturated rings. The van der Waals surface area contributed by atoms with E-state index < -0.39 is 0 Å². The predicted molar refractivity (Wildman–Crippen MR) is 83.5 cm³/mol. The lowest BCUT2D eigenvalue weighted by Gasteiger charge is -2.11. The zero-order valence-corrected chi connectivity index (χ0v) is 12.6. The number of amides is 1. The minimum Gasteiger partial charge on any atom is -0.367 e. The van der Waals surface area contributed by atoms with Crippen LogP contribution >= 0.6 is 0 Å². The van der Waals surface area contributed by atoms with Crippen molar-refractivity contribution in [3.8, 4) is 6.07 Å². The number of aryl methyl sites for hydroxylation is 2. The van der Waals surface area contributed by atoms with E-state index in [1.54, 1.807) is 18.3 Å². The van der Waals surface area contributed by atoms with Crippen molar-refractivity contribution in [2.45, 2.75) is 13.8 Å². The summed E-state index contributed by atoms with van der Waals surface area (Å²) in [5.41, 5.74) is 2.78. The highest BCUT2D eigenvalue weighted by Crippen LogP contribution is 2.16. The largest absolute Gasteiger partial charge is 0.367 e. The molecule has 2 rings (SSSR count). The number of anilines is 1. The number of nitrogens with one attached hydrogen (secondary N) is 2. The molecule has 6 nitrogen and oxygen atoms in total. The summed E-state index contributed by atoms with van der Waals surface area (Å²) in [4.78, 5) is 20.1. The van der Waals surface area contributed by atoms with Gasteiger partial charge in [-0.3, -0.25) is 9.78 Å². The molecule has 6 heteroatoms. The molecule has 0 saturated carbocycles. The van der Waals surface area contributed by atoms with Crippen LogP contribution in [-0.2, 0) is 0 Å². The monoisotopic (exact) mass is 295 g/mol. The predicted octanol–water partition coefficient (Wildman–Crippen LogP) is 1.81. The lowest BCUT2D eigenvalue weighted by atomic mass is 10.1. The zero-order chi connectivity index (χ0) is 15.9. The summed E-state index contributed by atoms with van der Waals surface area (Å²) in [5, 5.41) is 15.0. The molecule has 0 aliphatic heterocycles. The van der Waals surface area contributed by atoms with E-state index in [0.29, 0.717) is 30.0 Å². The second-order valence-corrected chi connectivity index (χ2v) is 4.84. The second-order valence-electron chi connectivity index (χ2n) is 4.84. The Kier molecular flexibility index (Phi) is 5.04. The number of carbonyl (C=O) groups excluding carboxylic acids is 1. The Hall–Kier alpha value is -2.94. The highest BCUT2D eigenvalue weighted by molar-refractivity contribution is 5.93. The first-order valence-corrected chi connectivity index (χ1v) is 6.92. The van der Waals surface area contributed by atoms with Crippen LogP contribution in [0.2, 0.25) is 0 Å². The lowest BCUT2D eigenvalue weighted by Crippen LogP contribution is -2.29. The Morgan fingerprint density at radius 1 is 1.36 bits per heavy atom. The van der Waals surface area contributed by atoms with Gasteiger partial charge in [0.25, 0.3) is 5.91 Å². The fourth-order valence-corrected chi connectivity index (χ4v) is 2.06. The number of aromatic nitrogens is 2. The van der Waals surface area contributed by atoms with Gasteiger partial charge in [-0.15, -0.1) is 0 Å². The van der Waals surface area contributed by atoms with Gasteiger partial charge in [0.15, 0.2) is 0 Å². The third-order valence-electron chi connectivity index (χ3n) is 3.08. The Morgan fingerprint density at radius 3 is 2.86 bits per heavy atom. The second kappa shape index (κ2) is 7.18. The molecular weight excluding hydrogens is 278 g/mol. The molecule has 0 aliphatic rings. The number of carbonyl (C=O) groups is 1. The molecular formula is C16H17N5O. The van der Waals surface area contributed by atoms with Crippen LogP contribution in [0, 0.1) is 25.2 Å². The fraction of sp³-hybridized carbons (Fsp3) is 0.250. The van der Waals surface area contributed by atoms with E-state index in [4.69, 9.17) is 0 Å². The first-order chi connectivity index (χ1) is 10.6. The van der Waals surface area contributed by atoms with E-state index >= 15 is 0 Å². The van der Waals surface area contributed by atoms with Crippen molar-refractivity contribution in [3.05, 3.63) is 53.0 Å². The smallest absolute Gasteiger partial charge is 0.252 e. The molecule has 0 atom stereocenters. The third kappa shape index (κ3) is 3.79. The molecule has 0 radical (unpaired) electrons. The highest BCUT2D eigenvalue weighted by atomic mass is 16.1. The molecule has 0 saturated heterocycles. The van der Waals surface area contributed by atoms with Gasteiger partial charge in [0.2, 0.25) is 0 Å². The number of pyridine rings is 2. The standard InChI is InChI=1S/C16H17N5O/c1-11-8-12(2)21-15(14(11)9-17)19-6-7-20-16(22)13-4-3-5-18-10-13/h3-5,8,10H,6-7H2,1-2H3,(H,19,21)(H,20,22). The van der Waals surface area contributed by atoms with Crippen molar-refractivity contribution < 1.29 is 4.79 Å². The van der Waals surface area contributed by atoms with Gasteiger partial charge in [0, 0.05) is 31.2 Å². The van der Waals surface area contributed by atoms with Crippen LogP contribution < -0.4 is 10.6 Å². The van der Waals surface area contributed by atoms with Crippen molar-refractivity contribution in [2.24, 2.45) is 0 Å². The molecule has 0 spiro atoms. The number of hydrogen-bond donors (Lipinski definition) is 2. The molecule has 2 aromatic rings. The summed E-state index contributed by atoms with van der Waals surface area (Å²) in [6.45, 7) is 4.66. The van der Waals surface area contributed by atoms with E-state index in [0.717, 1.165) is 11.3 Å². The topological polar surface area (TPSA) is 90.7 Å². The Morgan fingerprint density at radius 2 is 2.18 bits per heavy atom. The average molecular weight is 295 g/mol. The van der Waals surface area contributed by atoms with Gasteiger partial charge in [0.1, 0.15) is 11.9 Å². The van der Waals surface area contributed by atoms with Gasteiger partial charge in [-0.2, -0.15) is 5.26 Å². The summed E-state index contributed by atoms with van der Waals surface area (Å²) in [5.74, 6) is 0.374. The average Bonchev–Trinajstić information content (AvgIpc) is 2.52. The molecule has 22 heavy (non-hydrogen) atoms. The van der Waals surface area contributed by atoms with E-state index in [-0.39, 0.29) is 5.91 Å². The van der Waals surface area contributed by atoms with Crippen molar-refractivity contribution in [1.29, 1.82) is 5.26 Å². The van der Waals surface area contributed by atoms with Crippen molar-refractivity contribution in [2.75, 3.05) is 18.4 Å². The zero-order valence-electron chi connectivity index (χ0n) is 12.6. The van der Waals surface area contributed by atoms with Gasteiger partial charge in [-0.25, -0.2) is 4.98 Å². The summed E-state index contributed by atoms with van der Waals surface area (Å²) in [7, 11) is 0. The maximum absolute atomic E-state index is 11.8. The van der Waals surface area contributed by atoms with E-state index in [1.807, 2.05) is 19.9 Å². The summed E-state index contributed by atoms with van der Waals surface area (Å²) in [6, 6.07) is 7.43. The minimum atomic E-state index is -0.177. The summed E-state index contributed by atoms with van der Waals surface area (Å²) >= 11 is 0. The van der Waals surface area contributed by atoms with Crippen LogP contribution in [0.1, 0.15) is 27.2 Å². The maximum Gasteiger partial charge on any atom is 0.252 e. The molecule has 0 aliphatic carbocycles. The van der Waals surface area contributed by atoms with E-state index in [1.165, 1.54) is 6.20 Å². The van der Waals surface area contributed by atoms with Crippen LogP contribution in [0.5, 0.6) is 0 Å². The van der Waals surface area contributed by atoms with Gasteiger partial charge >= 0.3 is 0 Å². The molecule has 1 amide bonds. The normalized spacial score (nSPS) is 9.86. The minimum absolute atomic E-state index is 0.177. The lowest BCUT2D eigenvalue weighted by molar-refractivity contribution is 0.0955. The van der Waals surface area contributed by atoms with Gasteiger partial charge in [-0.05, 0) is 37.6 Å². The quantitative estimate of drug-likeness (QED) is 0.821. The Balaban J connectivity index is 1.90. The Bertz CT molecular complexity index is 706. The molecule has 112 valence electrons. The molecule has 2 heterocycles. The number of hydrogen-bond acceptors (Lipinski definition) is 5. The number of nitrogens with zero attached hydrogens (tertiary/aromatic N) is 3. The van der Waals surface area contributed by atoms with Crippen LogP contribution in [0.15, 0.2) is 30.6 Å². The van der Waals surface area contributed by atoms with E-state index in [2.05, 4.69) is 26.7 Å². The molecule has 2 N–H and O–H groups in total. The van der Waals surface area contributed by atoms with Crippen molar-refractivity contribution in [3.63, 3.8) is 0 Å². The van der Waals surface area contributed by atoms with Crippen LogP contribution in [0.25, 0.3) is 0 Å². The first-order valence-electron chi connectivity index (χ1n) is 6.92. The Labute approximate surface area is 129 Å². The molecule has 2 aromatic heterocycles. The first kappa shape index (κ1) is 15.4. The van der Waals surface area contributed by atoms with E-state index in [9.17, 15) is 10.1 Å². The SMILES string of the molecule is Cc1cc(C)c(C#N)c(NCCNC(=O)c2cccnc2)n1. The fourth-order valence-electron chi connectivity index (χ4n) is 2.06. The van der Waals surface area contributed by atoms with Gasteiger partial charge < -0.3 is 10.6 Å².